The van der Waals surface area contributed by atoms with Gasteiger partial charge in [-0.25, -0.2) is 0 Å². The van der Waals surface area contributed by atoms with Crippen molar-refractivity contribution in [2.45, 2.75) is 32.2 Å². The fraction of sp³-hybridized carbons (Fsp3) is 0.300. The highest BCUT2D eigenvalue weighted by Gasteiger charge is 2.26. The van der Waals surface area contributed by atoms with Crippen LogP contribution in [0.25, 0.3) is 12.2 Å². The van der Waals surface area contributed by atoms with E-state index in [2.05, 4.69) is 0 Å². The van der Waals surface area contributed by atoms with Gasteiger partial charge in [-0.1, -0.05) is 36.4 Å². The molecule has 0 fully saturated rings. The first-order chi connectivity index (χ1) is 12.4. The van der Waals surface area contributed by atoms with Crippen molar-refractivity contribution in [3.8, 4) is 5.75 Å². The van der Waals surface area contributed by atoms with Gasteiger partial charge in [-0.05, 0) is 46.9 Å². The first kappa shape index (κ1) is 20.0. The predicted molar refractivity (Wildman–Crippen MR) is 94.4 cm³/mol. The van der Waals surface area contributed by atoms with Gasteiger partial charge in [-0.3, -0.25) is 0 Å². The molecule has 0 amide bonds. The second kappa shape index (κ2) is 9.40. The highest BCUT2D eigenvalue weighted by molar-refractivity contribution is 5.70. The van der Waals surface area contributed by atoms with Gasteiger partial charge >= 0.3 is 6.18 Å². The minimum absolute atomic E-state index is 0.0236. The number of aliphatic hydroxyl groups is 2. The SMILES string of the molecule is OCc1ccc(/C=C/c2ccc(OCCCC(F)(F)F)cc2)cc1CO. The summed E-state index contributed by atoms with van der Waals surface area (Å²) < 4.78 is 41.5. The average molecular weight is 366 g/mol. The summed E-state index contributed by atoms with van der Waals surface area (Å²) in [5.41, 5.74) is 3.16. The van der Waals surface area contributed by atoms with E-state index in [-0.39, 0.29) is 26.2 Å². The molecule has 0 aliphatic rings. The Morgan fingerprint density at radius 3 is 2.08 bits per heavy atom. The lowest BCUT2D eigenvalue weighted by atomic mass is 10.0. The predicted octanol–water partition coefficient (Wildman–Crippen LogP) is 4.56. The lowest BCUT2D eigenvalue weighted by Gasteiger charge is -2.08. The number of alkyl halides is 3. The molecule has 6 heteroatoms. The Morgan fingerprint density at radius 2 is 1.46 bits per heavy atom. The van der Waals surface area contributed by atoms with Crippen LogP contribution in [0.3, 0.4) is 0 Å². The zero-order valence-corrected chi connectivity index (χ0v) is 14.2. The molecule has 0 atom stereocenters. The quantitative estimate of drug-likeness (QED) is 0.532. The van der Waals surface area contributed by atoms with Crippen molar-refractivity contribution < 1.29 is 28.1 Å². The Kier molecular flexibility index (Phi) is 7.24. The van der Waals surface area contributed by atoms with Gasteiger partial charge in [0.15, 0.2) is 0 Å². The second-order valence-electron chi connectivity index (χ2n) is 5.81. The van der Waals surface area contributed by atoms with Crippen molar-refractivity contribution in [3.63, 3.8) is 0 Å². The van der Waals surface area contributed by atoms with Crippen LogP contribution in [0, 0.1) is 0 Å². The molecule has 2 aromatic carbocycles. The normalized spacial score (nSPS) is 11.9. The number of halogens is 3. The minimum Gasteiger partial charge on any atom is -0.494 e. The van der Waals surface area contributed by atoms with Crippen LogP contribution in [0.1, 0.15) is 35.1 Å². The Morgan fingerprint density at radius 1 is 0.846 bits per heavy atom. The first-order valence-electron chi connectivity index (χ1n) is 8.22. The molecule has 0 aliphatic heterocycles. The molecule has 2 rings (SSSR count). The molecule has 0 radical (unpaired) electrons. The molecule has 0 aliphatic carbocycles. The number of hydrogen-bond acceptors (Lipinski definition) is 3. The van der Waals surface area contributed by atoms with E-state index in [9.17, 15) is 23.4 Å². The van der Waals surface area contributed by atoms with Crippen LogP contribution in [0.5, 0.6) is 5.75 Å². The van der Waals surface area contributed by atoms with E-state index >= 15 is 0 Å². The van der Waals surface area contributed by atoms with Gasteiger partial charge in [0.2, 0.25) is 0 Å². The van der Waals surface area contributed by atoms with E-state index in [0.29, 0.717) is 16.9 Å². The van der Waals surface area contributed by atoms with Crippen LogP contribution in [0.2, 0.25) is 0 Å². The molecule has 0 spiro atoms. The fourth-order valence-electron chi connectivity index (χ4n) is 2.38. The molecule has 140 valence electrons. The second-order valence-corrected chi connectivity index (χ2v) is 5.81. The molecule has 0 saturated heterocycles. The highest BCUT2D eigenvalue weighted by Crippen LogP contribution is 2.22. The maximum atomic E-state index is 12.1. The fourth-order valence-corrected chi connectivity index (χ4v) is 2.38. The van der Waals surface area contributed by atoms with Crippen LogP contribution in [-0.4, -0.2) is 23.0 Å². The van der Waals surface area contributed by atoms with E-state index in [4.69, 9.17) is 4.74 Å². The van der Waals surface area contributed by atoms with Crippen molar-refractivity contribution >= 4 is 12.2 Å². The summed E-state index contributed by atoms with van der Waals surface area (Å²) in [4.78, 5) is 0. The number of ether oxygens (including phenoxy) is 1. The Labute approximate surface area is 150 Å². The third-order valence-corrected chi connectivity index (χ3v) is 3.79. The monoisotopic (exact) mass is 366 g/mol. The lowest BCUT2D eigenvalue weighted by Crippen LogP contribution is -2.09. The zero-order valence-electron chi connectivity index (χ0n) is 14.2. The van der Waals surface area contributed by atoms with Crippen LogP contribution in [0.15, 0.2) is 42.5 Å². The van der Waals surface area contributed by atoms with Crippen molar-refractivity contribution in [1.29, 1.82) is 0 Å². The van der Waals surface area contributed by atoms with Crippen molar-refractivity contribution in [2.75, 3.05) is 6.61 Å². The summed E-state index contributed by atoms with van der Waals surface area (Å²) in [6.07, 6.45) is -1.31. The molecule has 2 aromatic rings. The lowest BCUT2D eigenvalue weighted by molar-refractivity contribution is -0.136. The van der Waals surface area contributed by atoms with Crippen LogP contribution in [0.4, 0.5) is 13.2 Å². The van der Waals surface area contributed by atoms with Gasteiger partial charge in [0, 0.05) is 6.42 Å². The molecule has 0 unspecified atom stereocenters. The van der Waals surface area contributed by atoms with Crippen LogP contribution >= 0.6 is 0 Å². The number of aliphatic hydroxyl groups excluding tert-OH is 2. The average Bonchev–Trinajstić information content (AvgIpc) is 2.63. The number of benzene rings is 2. The minimum atomic E-state index is -4.15. The maximum absolute atomic E-state index is 12.1. The van der Waals surface area contributed by atoms with Crippen LogP contribution < -0.4 is 4.74 Å². The molecule has 0 bridgehead atoms. The summed E-state index contributed by atoms with van der Waals surface area (Å²) in [5, 5.41) is 18.5. The zero-order chi connectivity index (χ0) is 19.0. The molecule has 0 saturated carbocycles. The molecule has 26 heavy (non-hydrogen) atoms. The molecule has 0 aromatic heterocycles. The van der Waals surface area contributed by atoms with Gasteiger partial charge in [0.25, 0.3) is 0 Å². The topological polar surface area (TPSA) is 49.7 Å². The summed E-state index contributed by atoms with van der Waals surface area (Å²) in [6.45, 7) is -0.238. The molecular formula is C20H21F3O3. The van der Waals surface area contributed by atoms with Crippen LogP contribution in [-0.2, 0) is 13.2 Å². The van der Waals surface area contributed by atoms with Gasteiger partial charge in [0.05, 0.1) is 19.8 Å². The number of hydrogen-bond donors (Lipinski definition) is 2. The van der Waals surface area contributed by atoms with E-state index in [0.717, 1.165) is 11.1 Å². The molecular weight excluding hydrogens is 345 g/mol. The van der Waals surface area contributed by atoms with Gasteiger partial charge in [-0.2, -0.15) is 13.2 Å². The Bertz CT molecular complexity index is 722. The van der Waals surface area contributed by atoms with Crippen molar-refractivity contribution in [2.24, 2.45) is 0 Å². The van der Waals surface area contributed by atoms with Gasteiger partial charge in [0.1, 0.15) is 5.75 Å². The molecule has 0 heterocycles. The highest BCUT2D eigenvalue weighted by atomic mass is 19.4. The maximum Gasteiger partial charge on any atom is 0.389 e. The van der Waals surface area contributed by atoms with E-state index in [1.54, 1.807) is 24.3 Å². The first-order valence-corrected chi connectivity index (χ1v) is 8.22. The van der Waals surface area contributed by atoms with Gasteiger partial charge < -0.3 is 14.9 Å². The van der Waals surface area contributed by atoms with E-state index < -0.39 is 12.6 Å². The smallest absolute Gasteiger partial charge is 0.389 e. The third-order valence-electron chi connectivity index (χ3n) is 3.79. The third kappa shape index (κ3) is 6.54. The van der Waals surface area contributed by atoms with Crippen molar-refractivity contribution in [3.05, 3.63) is 64.7 Å². The molecule has 2 N–H and O–H groups in total. The Balaban J connectivity index is 1.91. The summed E-state index contributed by atoms with van der Waals surface area (Å²) in [7, 11) is 0. The Hall–Kier alpha value is -2.31. The van der Waals surface area contributed by atoms with Crippen molar-refractivity contribution in [1.82, 2.24) is 0 Å². The van der Waals surface area contributed by atoms with Gasteiger partial charge in [-0.15, -0.1) is 0 Å². The standard InChI is InChI=1S/C20H21F3O3/c21-20(22,23)10-1-11-26-19-8-5-15(6-9-19)2-3-16-4-7-17(13-24)18(12-16)14-25/h2-9,12,24-25H,1,10-11,13-14H2/b3-2+. The molecule has 3 nitrogen and oxygen atoms in total. The number of rotatable bonds is 8. The summed E-state index contributed by atoms with van der Waals surface area (Å²) in [6, 6.07) is 12.5. The van der Waals surface area contributed by atoms with E-state index in [1.807, 2.05) is 30.4 Å². The summed E-state index contributed by atoms with van der Waals surface area (Å²) in [5.74, 6) is 0.527. The largest absolute Gasteiger partial charge is 0.494 e. The van der Waals surface area contributed by atoms with E-state index in [1.165, 1.54) is 0 Å². The summed E-state index contributed by atoms with van der Waals surface area (Å²) >= 11 is 0.